The molecule has 0 bridgehead atoms. The summed E-state index contributed by atoms with van der Waals surface area (Å²) in [6.45, 7) is 6.68. The summed E-state index contributed by atoms with van der Waals surface area (Å²) in [4.78, 5) is 34.6. The van der Waals surface area contributed by atoms with Crippen LogP contribution in [0.5, 0.6) is 5.75 Å². The van der Waals surface area contributed by atoms with E-state index >= 15 is 0 Å². The number of Topliss-reactive ketones (excluding diaryl/α,β-unsaturated/α-hetero) is 1. The smallest absolute Gasteiger partial charge is 0.257 e. The highest BCUT2D eigenvalue weighted by Crippen LogP contribution is 2.47. The van der Waals surface area contributed by atoms with Crippen molar-refractivity contribution in [2.75, 3.05) is 11.9 Å². The molecule has 0 saturated carbocycles. The van der Waals surface area contributed by atoms with Crippen LogP contribution < -0.4 is 15.6 Å². The third-order valence-corrected chi connectivity index (χ3v) is 7.84. The van der Waals surface area contributed by atoms with Gasteiger partial charge in [-0.05, 0) is 48.1 Å². The van der Waals surface area contributed by atoms with Crippen LogP contribution in [0, 0.1) is 5.41 Å². The van der Waals surface area contributed by atoms with Crippen molar-refractivity contribution in [3.8, 4) is 5.75 Å². The Balaban J connectivity index is 1.57. The van der Waals surface area contributed by atoms with Gasteiger partial charge in [0, 0.05) is 34.4 Å². The normalized spacial score (nSPS) is 18.3. The van der Waals surface area contributed by atoms with Gasteiger partial charge in [-0.1, -0.05) is 67.5 Å². The highest BCUT2D eigenvalue weighted by atomic mass is 35.5. The molecule has 1 aromatic heterocycles. The van der Waals surface area contributed by atoms with E-state index < -0.39 is 5.92 Å². The van der Waals surface area contributed by atoms with E-state index in [0.717, 1.165) is 22.6 Å². The number of allylic oxidation sites excluding steroid dienone is 2. The van der Waals surface area contributed by atoms with E-state index in [1.54, 1.807) is 0 Å². The van der Waals surface area contributed by atoms with Crippen LogP contribution in [0.25, 0.3) is 0 Å². The summed E-state index contributed by atoms with van der Waals surface area (Å²) < 4.78 is 5.60. The molecule has 3 aromatic rings. The Labute approximate surface area is 219 Å². The minimum atomic E-state index is -0.491. The largest absolute Gasteiger partial charge is 0.494 e. The van der Waals surface area contributed by atoms with Gasteiger partial charge in [-0.3, -0.25) is 9.59 Å². The molecule has 2 aromatic carbocycles. The van der Waals surface area contributed by atoms with Crippen molar-refractivity contribution in [3.05, 3.63) is 91.9 Å². The molecule has 36 heavy (non-hydrogen) atoms. The van der Waals surface area contributed by atoms with Gasteiger partial charge in [0.15, 0.2) is 10.9 Å². The lowest BCUT2D eigenvalue weighted by Crippen LogP contribution is -2.37. The van der Waals surface area contributed by atoms with Gasteiger partial charge in [0.05, 0.1) is 12.2 Å². The summed E-state index contributed by atoms with van der Waals surface area (Å²) in [5.41, 5.74) is 3.38. The molecule has 8 heteroatoms. The number of halogens is 1. The van der Waals surface area contributed by atoms with Crippen molar-refractivity contribution in [2.24, 2.45) is 5.41 Å². The number of aromatic nitrogens is 2. The van der Waals surface area contributed by atoms with Crippen LogP contribution in [0.15, 0.2) is 69.8 Å². The number of ketones is 1. The second-order valence-corrected chi connectivity index (χ2v) is 11.3. The number of carbonyl (C=O) groups is 1. The monoisotopic (exact) mass is 521 g/mol. The van der Waals surface area contributed by atoms with E-state index in [0.29, 0.717) is 52.3 Å². The Morgan fingerprint density at radius 1 is 1.11 bits per heavy atom. The van der Waals surface area contributed by atoms with Crippen LogP contribution in [0.3, 0.4) is 0 Å². The number of nitrogens with zero attached hydrogens (tertiary/aromatic N) is 1. The van der Waals surface area contributed by atoms with Crippen molar-refractivity contribution < 1.29 is 9.53 Å². The number of H-pyrrole nitrogens is 1. The number of hydrogen-bond acceptors (Lipinski definition) is 6. The van der Waals surface area contributed by atoms with Gasteiger partial charge in [-0.15, -0.1) is 0 Å². The number of anilines is 1. The molecule has 0 saturated heterocycles. The lowest BCUT2D eigenvalue weighted by atomic mass is 9.69. The van der Waals surface area contributed by atoms with Crippen LogP contribution in [0.1, 0.15) is 56.2 Å². The minimum Gasteiger partial charge on any atom is -0.494 e. The van der Waals surface area contributed by atoms with Crippen molar-refractivity contribution in [3.63, 3.8) is 0 Å². The quantitative estimate of drug-likeness (QED) is 0.292. The Bertz CT molecular complexity index is 1410. The zero-order valence-electron chi connectivity index (χ0n) is 20.5. The summed E-state index contributed by atoms with van der Waals surface area (Å²) in [5, 5.41) is 4.55. The van der Waals surface area contributed by atoms with Crippen molar-refractivity contribution in [1.82, 2.24) is 9.97 Å². The zero-order chi connectivity index (χ0) is 25.4. The molecule has 1 aliphatic carbocycles. The van der Waals surface area contributed by atoms with Gasteiger partial charge in [-0.25, -0.2) is 4.98 Å². The van der Waals surface area contributed by atoms with Crippen LogP contribution in [-0.4, -0.2) is 22.4 Å². The van der Waals surface area contributed by atoms with Gasteiger partial charge in [0.1, 0.15) is 11.6 Å². The number of thioether (sulfide) groups is 1. The molecular weight excluding hydrogens is 494 g/mol. The molecule has 1 atom stereocenters. The van der Waals surface area contributed by atoms with E-state index in [9.17, 15) is 9.59 Å². The van der Waals surface area contributed by atoms with Gasteiger partial charge in [0.25, 0.3) is 5.56 Å². The zero-order valence-corrected chi connectivity index (χ0v) is 22.1. The first-order valence-electron chi connectivity index (χ1n) is 12.0. The van der Waals surface area contributed by atoms with Crippen LogP contribution in [-0.2, 0) is 10.5 Å². The van der Waals surface area contributed by atoms with Gasteiger partial charge >= 0.3 is 0 Å². The van der Waals surface area contributed by atoms with Gasteiger partial charge in [-0.2, -0.15) is 0 Å². The number of benzene rings is 2. The second-order valence-electron chi connectivity index (χ2n) is 9.91. The Hall–Kier alpha value is -3.03. The predicted octanol–water partition coefficient (Wildman–Crippen LogP) is 6.31. The number of nitrogens with one attached hydrogen (secondary N) is 2. The Morgan fingerprint density at radius 3 is 2.58 bits per heavy atom. The van der Waals surface area contributed by atoms with Gasteiger partial charge < -0.3 is 15.0 Å². The number of fused-ring (bicyclic) bond motifs is 1. The van der Waals surface area contributed by atoms with Gasteiger partial charge in [0.2, 0.25) is 0 Å². The Kier molecular flexibility index (Phi) is 6.70. The summed E-state index contributed by atoms with van der Waals surface area (Å²) in [7, 11) is 0. The van der Waals surface area contributed by atoms with Crippen LogP contribution in [0.4, 0.5) is 5.82 Å². The fourth-order valence-corrected chi connectivity index (χ4v) is 6.13. The Morgan fingerprint density at radius 2 is 1.86 bits per heavy atom. The second kappa shape index (κ2) is 9.79. The van der Waals surface area contributed by atoms with E-state index in [1.807, 2.05) is 55.5 Å². The molecular formula is C28H28ClN3O3S. The summed E-state index contributed by atoms with van der Waals surface area (Å²) in [5.74, 6) is 1.40. The number of aromatic amines is 1. The van der Waals surface area contributed by atoms with Crippen molar-refractivity contribution >= 4 is 35.0 Å². The molecule has 1 aliphatic heterocycles. The third-order valence-electron chi connectivity index (χ3n) is 6.55. The molecule has 2 N–H and O–H groups in total. The first-order chi connectivity index (χ1) is 17.3. The highest BCUT2D eigenvalue weighted by Gasteiger charge is 2.42. The van der Waals surface area contributed by atoms with E-state index in [-0.39, 0.29) is 16.8 Å². The lowest BCUT2D eigenvalue weighted by Gasteiger charge is -2.38. The maximum atomic E-state index is 13.5. The maximum absolute atomic E-state index is 13.5. The van der Waals surface area contributed by atoms with E-state index in [4.69, 9.17) is 21.3 Å². The average molecular weight is 522 g/mol. The molecule has 0 fully saturated rings. The number of hydrogen-bond donors (Lipinski definition) is 2. The third kappa shape index (κ3) is 4.82. The van der Waals surface area contributed by atoms with Crippen molar-refractivity contribution in [2.45, 2.75) is 50.4 Å². The molecule has 186 valence electrons. The molecule has 5 rings (SSSR count). The first-order valence-corrected chi connectivity index (χ1v) is 13.4. The molecule has 0 spiro atoms. The van der Waals surface area contributed by atoms with E-state index in [2.05, 4.69) is 24.1 Å². The minimum absolute atomic E-state index is 0.0647. The van der Waals surface area contributed by atoms with Crippen LogP contribution in [0.2, 0.25) is 5.02 Å². The van der Waals surface area contributed by atoms with Crippen LogP contribution >= 0.6 is 23.4 Å². The standard InChI is InChI=1S/C28H28ClN3O3S/c1-4-35-18-11-9-16(10-12-18)22-23-20(13-28(2,3)14-21(23)33)30-25-24(22)26(34)32-27(31-25)36-15-17-7-5-6-8-19(17)29/h5-12,22H,4,13-15H2,1-3H3,(H2,30,31,32,34)/t22-/m1/s1. The summed E-state index contributed by atoms with van der Waals surface area (Å²) >= 11 is 7.72. The van der Waals surface area contributed by atoms with Crippen molar-refractivity contribution in [1.29, 1.82) is 0 Å². The molecule has 0 unspecified atom stereocenters. The molecule has 6 nitrogen and oxygen atoms in total. The molecule has 2 aliphatic rings. The molecule has 0 radical (unpaired) electrons. The topological polar surface area (TPSA) is 84.1 Å². The average Bonchev–Trinajstić information content (AvgIpc) is 2.82. The first kappa shape index (κ1) is 24.7. The SMILES string of the molecule is CCOc1ccc([C@@H]2C3=C(CC(C)(C)CC3=O)Nc3nc(SCc4ccccc4Cl)[nH]c(=O)c32)cc1. The maximum Gasteiger partial charge on any atom is 0.257 e. The summed E-state index contributed by atoms with van der Waals surface area (Å²) in [6, 6.07) is 15.3. The highest BCUT2D eigenvalue weighted by molar-refractivity contribution is 7.98. The number of ether oxygens (including phenoxy) is 1. The fourth-order valence-electron chi connectivity index (χ4n) is 4.98. The number of rotatable bonds is 6. The predicted molar refractivity (Wildman–Crippen MR) is 144 cm³/mol. The molecule has 2 heterocycles. The summed E-state index contributed by atoms with van der Waals surface area (Å²) in [6.07, 6.45) is 1.14. The number of carbonyl (C=O) groups excluding carboxylic acids is 1. The fraction of sp³-hybridized carbons (Fsp3) is 0.321. The molecule has 0 amide bonds. The van der Waals surface area contributed by atoms with E-state index in [1.165, 1.54) is 11.8 Å². The lowest BCUT2D eigenvalue weighted by molar-refractivity contribution is -0.118.